The van der Waals surface area contributed by atoms with Crippen molar-refractivity contribution in [2.24, 2.45) is 0 Å². The molecule has 0 unspecified atom stereocenters. The molecular formula is C7H6LiNS. The van der Waals surface area contributed by atoms with Crippen molar-refractivity contribution in [3.05, 3.63) is 29.9 Å². The zero-order valence-corrected chi connectivity index (χ0v) is 6.56. The molecule has 0 bridgehead atoms. The predicted octanol–water partition coefficient (Wildman–Crippen LogP) is -0.587. The van der Waals surface area contributed by atoms with E-state index in [0.717, 1.165) is 0 Å². The fraction of sp³-hybridized carbons (Fsp3) is 0. The Morgan fingerprint density at radius 1 is 1.40 bits per heavy atom. The van der Waals surface area contributed by atoms with Gasteiger partial charge in [0, 0.05) is 22.5 Å². The zero-order chi connectivity index (χ0) is 6.10. The summed E-state index contributed by atoms with van der Waals surface area (Å²) in [6.07, 6.45) is 3.70. The van der Waals surface area contributed by atoms with Crippen molar-refractivity contribution in [1.29, 1.82) is 0 Å². The summed E-state index contributed by atoms with van der Waals surface area (Å²) in [5, 5.41) is 3.31. The molecule has 0 amide bonds. The van der Waals surface area contributed by atoms with Crippen molar-refractivity contribution < 1.29 is 20.3 Å². The van der Waals surface area contributed by atoms with Crippen LogP contribution in [0.3, 0.4) is 0 Å². The molecule has 0 aromatic carbocycles. The van der Waals surface area contributed by atoms with Crippen LogP contribution >= 0.6 is 11.3 Å². The second-order valence-corrected chi connectivity index (χ2v) is 2.78. The van der Waals surface area contributed by atoms with Gasteiger partial charge in [0.15, 0.2) is 0 Å². The van der Waals surface area contributed by atoms with Gasteiger partial charge in [-0.3, -0.25) is 4.98 Å². The van der Waals surface area contributed by atoms with Gasteiger partial charge in [0.1, 0.15) is 0 Å². The van der Waals surface area contributed by atoms with Crippen molar-refractivity contribution in [3.63, 3.8) is 0 Å². The van der Waals surface area contributed by atoms with Crippen molar-refractivity contribution in [3.8, 4) is 0 Å². The Kier molecular flexibility index (Phi) is 2.50. The van der Waals surface area contributed by atoms with Crippen LogP contribution in [-0.4, -0.2) is 4.98 Å². The molecule has 46 valence electrons. The maximum Gasteiger partial charge on any atom is 1.00 e. The number of hydrogen-bond donors (Lipinski definition) is 0. The van der Waals surface area contributed by atoms with Gasteiger partial charge in [0.05, 0.1) is 0 Å². The van der Waals surface area contributed by atoms with Crippen LogP contribution in [0.15, 0.2) is 29.9 Å². The molecule has 0 spiro atoms. The summed E-state index contributed by atoms with van der Waals surface area (Å²) >= 11 is 1.75. The zero-order valence-electron chi connectivity index (χ0n) is 6.74. The number of hydrogen-bond acceptors (Lipinski definition) is 2. The maximum absolute atomic E-state index is 3.99. The molecule has 2 aromatic heterocycles. The van der Waals surface area contributed by atoms with Crippen LogP contribution in [0.2, 0.25) is 0 Å². The van der Waals surface area contributed by atoms with Crippen molar-refractivity contribution in [1.82, 2.24) is 4.98 Å². The molecule has 0 saturated heterocycles. The van der Waals surface area contributed by atoms with Gasteiger partial charge in [-0.1, -0.05) is 0 Å². The third-order valence-corrected chi connectivity index (χ3v) is 2.15. The molecule has 0 aliphatic heterocycles. The van der Waals surface area contributed by atoms with Gasteiger partial charge in [0.25, 0.3) is 0 Å². The largest absolute Gasteiger partial charge is 1.00 e. The average molecular weight is 143 g/mol. The second kappa shape index (κ2) is 3.20. The molecule has 0 N–H and O–H groups in total. The van der Waals surface area contributed by atoms with Gasteiger partial charge in [0.2, 0.25) is 0 Å². The Hall–Kier alpha value is -0.293. The summed E-state index contributed by atoms with van der Waals surface area (Å²) in [4.78, 5) is 3.99. The molecule has 0 atom stereocenters. The molecule has 2 heterocycles. The fourth-order valence-electron chi connectivity index (χ4n) is 0.807. The number of pyridine rings is 1. The molecule has 3 heteroatoms. The van der Waals surface area contributed by atoms with E-state index in [-0.39, 0.29) is 20.3 Å². The quantitative estimate of drug-likeness (QED) is 0.449. The van der Waals surface area contributed by atoms with E-state index in [2.05, 4.69) is 16.4 Å². The fourth-order valence-corrected chi connectivity index (χ4v) is 1.56. The van der Waals surface area contributed by atoms with Gasteiger partial charge in [-0.25, -0.2) is 0 Å². The van der Waals surface area contributed by atoms with Gasteiger partial charge in [-0.2, -0.15) is 0 Å². The van der Waals surface area contributed by atoms with E-state index in [1.165, 1.54) is 10.1 Å². The summed E-state index contributed by atoms with van der Waals surface area (Å²) in [5.41, 5.74) is 0. The first-order chi connectivity index (χ1) is 4.47. The van der Waals surface area contributed by atoms with Crippen LogP contribution in [-0.2, 0) is 0 Å². The molecule has 10 heavy (non-hydrogen) atoms. The summed E-state index contributed by atoms with van der Waals surface area (Å²) in [6, 6.07) is 4.10. The van der Waals surface area contributed by atoms with Crippen molar-refractivity contribution in [2.75, 3.05) is 0 Å². The molecule has 1 nitrogen and oxygen atoms in total. The van der Waals surface area contributed by atoms with Gasteiger partial charge < -0.3 is 1.43 Å². The number of fused-ring (bicyclic) bond motifs is 1. The van der Waals surface area contributed by atoms with Gasteiger partial charge in [-0.15, -0.1) is 11.3 Å². The Balaban J connectivity index is 0.000000500. The normalized spacial score (nSPS) is 9.20. The Morgan fingerprint density at radius 2 is 2.30 bits per heavy atom. The van der Waals surface area contributed by atoms with Crippen LogP contribution in [0.5, 0.6) is 0 Å². The van der Waals surface area contributed by atoms with E-state index >= 15 is 0 Å². The summed E-state index contributed by atoms with van der Waals surface area (Å²) in [7, 11) is 0. The molecule has 2 aromatic rings. The Labute approximate surface area is 76.8 Å². The average Bonchev–Trinajstić information content (AvgIpc) is 2.33. The first kappa shape index (κ1) is 7.81. The number of aromatic nitrogens is 1. The minimum atomic E-state index is 0. The first-order valence-corrected chi connectivity index (χ1v) is 3.62. The molecule has 0 radical (unpaired) electrons. The number of thiophene rings is 1. The van der Waals surface area contributed by atoms with Crippen LogP contribution in [0.4, 0.5) is 0 Å². The second-order valence-electron chi connectivity index (χ2n) is 1.83. The van der Waals surface area contributed by atoms with E-state index in [4.69, 9.17) is 0 Å². The standard InChI is InChI=1S/C7H5NS.Li.H/c1-3-8-5-6-2-4-9-7(1)6;;/h1-5H;;/q;+1;-1. The third-order valence-electron chi connectivity index (χ3n) is 1.25. The van der Waals surface area contributed by atoms with Crippen LogP contribution in [0, 0.1) is 0 Å². The Morgan fingerprint density at radius 3 is 3.10 bits per heavy atom. The van der Waals surface area contributed by atoms with Crippen LogP contribution in [0.25, 0.3) is 10.1 Å². The van der Waals surface area contributed by atoms with E-state index < -0.39 is 0 Å². The van der Waals surface area contributed by atoms with Crippen LogP contribution < -0.4 is 18.9 Å². The van der Waals surface area contributed by atoms with Gasteiger partial charge >= 0.3 is 18.9 Å². The predicted molar refractivity (Wildman–Crippen MR) is 40.7 cm³/mol. The molecule has 0 fully saturated rings. The smallest absolute Gasteiger partial charge is 1.00 e. The maximum atomic E-state index is 3.99. The minimum absolute atomic E-state index is 0. The SMILES string of the molecule is [H-].[Li+].c1cc2sccc2cn1. The number of nitrogens with zero attached hydrogens (tertiary/aromatic N) is 1. The summed E-state index contributed by atoms with van der Waals surface area (Å²) in [5.74, 6) is 0. The van der Waals surface area contributed by atoms with Crippen molar-refractivity contribution in [2.45, 2.75) is 0 Å². The minimum Gasteiger partial charge on any atom is -1.00 e. The molecule has 2 rings (SSSR count). The molecular weight excluding hydrogens is 137 g/mol. The summed E-state index contributed by atoms with van der Waals surface area (Å²) < 4.78 is 1.31. The third kappa shape index (κ3) is 1.24. The molecule has 0 saturated carbocycles. The van der Waals surface area contributed by atoms with E-state index in [0.29, 0.717) is 0 Å². The van der Waals surface area contributed by atoms with Crippen molar-refractivity contribution >= 4 is 21.4 Å². The monoisotopic (exact) mass is 143 g/mol. The number of rotatable bonds is 0. The summed E-state index contributed by atoms with van der Waals surface area (Å²) in [6.45, 7) is 0. The van der Waals surface area contributed by atoms with E-state index in [1.54, 1.807) is 11.3 Å². The molecule has 0 aliphatic rings. The first-order valence-electron chi connectivity index (χ1n) is 2.74. The Bertz CT molecular complexity index is 292. The van der Waals surface area contributed by atoms with E-state index in [1.807, 2.05) is 18.5 Å². The van der Waals surface area contributed by atoms with Crippen LogP contribution in [0.1, 0.15) is 1.43 Å². The van der Waals surface area contributed by atoms with E-state index in [9.17, 15) is 0 Å². The van der Waals surface area contributed by atoms with Gasteiger partial charge in [-0.05, 0) is 17.5 Å². The molecule has 0 aliphatic carbocycles. The topological polar surface area (TPSA) is 12.9 Å².